The minimum atomic E-state index is -4.41. The summed E-state index contributed by atoms with van der Waals surface area (Å²) in [7, 11) is -4.41. The van der Waals surface area contributed by atoms with Gasteiger partial charge in [0.2, 0.25) is 0 Å². The van der Waals surface area contributed by atoms with E-state index >= 15 is 0 Å². The van der Waals surface area contributed by atoms with Crippen molar-refractivity contribution in [3.8, 4) is 0 Å². The van der Waals surface area contributed by atoms with E-state index < -0.39 is 10.1 Å². The standard InChI is InChI=1S/C14H16O3S.K/c1-3-10-6-5-7-12-8-11(4-2)14(9-13(10)12)18(15,16)17;/h5-9H,3-4H2,1-2H3,(H,15,16,17);/q;+1/p-1. The monoisotopic (exact) mass is 302 g/mol. The van der Waals surface area contributed by atoms with Crippen molar-refractivity contribution in [1.82, 2.24) is 0 Å². The fourth-order valence-corrected chi connectivity index (χ4v) is 3.02. The molecule has 0 radical (unpaired) electrons. The predicted octanol–water partition coefficient (Wildman–Crippen LogP) is -0.127. The van der Waals surface area contributed by atoms with Crippen molar-refractivity contribution in [2.75, 3.05) is 0 Å². The molecule has 2 rings (SSSR count). The second-order valence-electron chi connectivity index (χ2n) is 4.26. The maximum Gasteiger partial charge on any atom is 1.00 e. The average molecular weight is 302 g/mol. The van der Waals surface area contributed by atoms with Gasteiger partial charge in [-0.2, -0.15) is 0 Å². The normalized spacial score (nSPS) is 11.3. The molecule has 0 aliphatic rings. The van der Waals surface area contributed by atoms with Crippen molar-refractivity contribution in [3.63, 3.8) is 0 Å². The molecule has 0 heterocycles. The summed E-state index contributed by atoms with van der Waals surface area (Å²) >= 11 is 0. The summed E-state index contributed by atoms with van der Waals surface area (Å²) in [6.07, 6.45) is 1.34. The molecular weight excluding hydrogens is 287 g/mol. The Morgan fingerprint density at radius 1 is 1.05 bits per heavy atom. The number of aryl methyl sites for hydroxylation is 2. The van der Waals surface area contributed by atoms with E-state index in [1.807, 2.05) is 32.0 Å². The minimum absolute atomic E-state index is 0. The molecule has 0 N–H and O–H groups in total. The molecule has 0 fully saturated rings. The van der Waals surface area contributed by atoms with Gasteiger partial charge in [-0.1, -0.05) is 32.0 Å². The van der Waals surface area contributed by atoms with E-state index in [0.717, 1.165) is 22.8 Å². The summed E-state index contributed by atoms with van der Waals surface area (Å²) in [5, 5.41) is 1.84. The SMILES string of the molecule is CCc1cc2cccc(CC)c2cc1S(=O)(=O)[O-].[K+]. The van der Waals surface area contributed by atoms with Crippen LogP contribution in [0.25, 0.3) is 10.8 Å². The Kier molecular flexibility index (Phi) is 6.19. The number of benzene rings is 2. The molecule has 0 saturated heterocycles. The molecule has 0 amide bonds. The van der Waals surface area contributed by atoms with Gasteiger partial charge in [0.25, 0.3) is 0 Å². The Bertz CT molecular complexity index is 693. The first kappa shape index (κ1) is 17.3. The Hall–Kier alpha value is 0.246. The van der Waals surface area contributed by atoms with Crippen LogP contribution < -0.4 is 51.4 Å². The second-order valence-corrected chi connectivity index (χ2v) is 5.61. The van der Waals surface area contributed by atoms with Gasteiger partial charge in [-0.25, -0.2) is 8.42 Å². The van der Waals surface area contributed by atoms with Gasteiger partial charge in [-0.3, -0.25) is 0 Å². The van der Waals surface area contributed by atoms with Gasteiger partial charge in [0, 0.05) is 0 Å². The van der Waals surface area contributed by atoms with Crippen molar-refractivity contribution >= 4 is 20.9 Å². The third-order valence-corrected chi connectivity index (χ3v) is 4.10. The molecule has 2 aromatic carbocycles. The van der Waals surface area contributed by atoms with E-state index in [0.29, 0.717) is 12.0 Å². The minimum Gasteiger partial charge on any atom is -0.744 e. The van der Waals surface area contributed by atoms with Gasteiger partial charge in [-0.05, 0) is 46.9 Å². The topological polar surface area (TPSA) is 57.2 Å². The molecule has 96 valence electrons. The van der Waals surface area contributed by atoms with Gasteiger partial charge in [0.1, 0.15) is 10.1 Å². The molecule has 0 spiro atoms. The molecule has 3 nitrogen and oxygen atoms in total. The van der Waals surface area contributed by atoms with E-state index in [1.165, 1.54) is 6.07 Å². The Labute approximate surface area is 156 Å². The van der Waals surface area contributed by atoms with E-state index in [2.05, 4.69) is 0 Å². The first-order valence-electron chi connectivity index (χ1n) is 5.97. The third kappa shape index (κ3) is 3.67. The quantitative estimate of drug-likeness (QED) is 0.586. The summed E-state index contributed by atoms with van der Waals surface area (Å²) in [5.41, 5.74) is 1.64. The molecule has 0 atom stereocenters. The van der Waals surface area contributed by atoms with Crippen LogP contribution in [0.5, 0.6) is 0 Å². The largest absolute Gasteiger partial charge is 1.00 e. The summed E-state index contributed by atoms with van der Waals surface area (Å²) in [6, 6.07) is 9.17. The molecule has 2 aromatic rings. The average Bonchev–Trinajstić information content (AvgIpc) is 2.35. The molecule has 0 aliphatic heterocycles. The molecule has 0 unspecified atom stereocenters. The van der Waals surface area contributed by atoms with Crippen LogP contribution in [-0.4, -0.2) is 13.0 Å². The third-order valence-electron chi connectivity index (χ3n) is 3.18. The van der Waals surface area contributed by atoms with E-state index in [1.54, 1.807) is 6.07 Å². The summed E-state index contributed by atoms with van der Waals surface area (Å²) in [5.74, 6) is 0. The summed E-state index contributed by atoms with van der Waals surface area (Å²) in [4.78, 5) is -0.0848. The van der Waals surface area contributed by atoms with E-state index in [4.69, 9.17) is 0 Å². The Morgan fingerprint density at radius 2 is 1.68 bits per heavy atom. The molecule has 0 saturated carbocycles. The van der Waals surface area contributed by atoms with Gasteiger partial charge < -0.3 is 4.55 Å². The first-order valence-corrected chi connectivity index (χ1v) is 7.38. The Balaban J connectivity index is 0.00000180. The van der Waals surface area contributed by atoms with Crippen LogP contribution >= 0.6 is 0 Å². The van der Waals surface area contributed by atoms with Gasteiger partial charge >= 0.3 is 51.4 Å². The van der Waals surface area contributed by atoms with Gasteiger partial charge in [0.05, 0.1) is 4.90 Å². The van der Waals surface area contributed by atoms with Crippen LogP contribution in [-0.2, 0) is 23.0 Å². The number of hydrogen-bond donors (Lipinski definition) is 0. The molecule has 5 heteroatoms. The Morgan fingerprint density at radius 3 is 2.21 bits per heavy atom. The zero-order valence-corrected chi connectivity index (χ0v) is 15.4. The van der Waals surface area contributed by atoms with Crippen LogP contribution in [0.15, 0.2) is 35.2 Å². The number of rotatable bonds is 3. The van der Waals surface area contributed by atoms with E-state index in [-0.39, 0.29) is 56.3 Å². The predicted molar refractivity (Wildman–Crippen MR) is 70.7 cm³/mol. The van der Waals surface area contributed by atoms with Gasteiger partial charge in [-0.15, -0.1) is 0 Å². The molecule has 0 bridgehead atoms. The fraction of sp³-hybridized carbons (Fsp3) is 0.286. The zero-order valence-electron chi connectivity index (χ0n) is 11.4. The van der Waals surface area contributed by atoms with Crippen molar-refractivity contribution in [2.45, 2.75) is 31.6 Å². The summed E-state index contributed by atoms with van der Waals surface area (Å²) < 4.78 is 33.9. The number of fused-ring (bicyclic) bond motifs is 1. The maximum absolute atomic E-state index is 11.3. The van der Waals surface area contributed by atoms with Crippen molar-refractivity contribution in [2.24, 2.45) is 0 Å². The van der Waals surface area contributed by atoms with Crippen LogP contribution in [0.1, 0.15) is 25.0 Å². The summed E-state index contributed by atoms with van der Waals surface area (Å²) in [6.45, 7) is 3.85. The van der Waals surface area contributed by atoms with Crippen LogP contribution in [0.2, 0.25) is 0 Å². The fourth-order valence-electron chi connectivity index (χ4n) is 2.23. The van der Waals surface area contributed by atoms with Crippen LogP contribution in [0.4, 0.5) is 0 Å². The molecule has 0 aromatic heterocycles. The van der Waals surface area contributed by atoms with Crippen molar-refractivity contribution in [3.05, 3.63) is 41.5 Å². The molecule has 0 aliphatic carbocycles. The smallest absolute Gasteiger partial charge is 0.744 e. The van der Waals surface area contributed by atoms with Crippen LogP contribution in [0, 0.1) is 0 Å². The molecular formula is C14H15KO3S. The first-order chi connectivity index (χ1) is 8.47. The van der Waals surface area contributed by atoms with Gasteiger partial charge in [0.15, 0.2) is 0 Å². The van der Waals surface area contributed by atoms with Crippen LogP contribution in [0.3, 0.4) is 0 Å². The van der Waals surface area contributed by atoms with Crippen molar-refractivity contribution in [1.29, 1.82) is 0 Å². The second kappa shape index (κ2) is 6.80. The molecule has 19 heavy (non-hydrogen) atoms. The zero-order chi connectivity index (χ0) is 13.3. The number of hydrogen-bond acceptors (Lipinski definition) is 3. The van der Waals surface area contributed by atoms with E-state index in [9.17, 15) is 13.0 Å². The van der Waals surface area contributed by atoms with Crippen molar-refractivity contribution < 1.29 is 64.4 Å². The maximum atomic E-state index is 11.3.